The van der Waals surface area contributed by atoms with Gasteiger partial charge in [0.05, 0.1) is 5.56 Å². The Balaban J connectivity index is 2.04. The molecule has 0 aromatic heterocycles. The molecule has 0 heterocycles. The number of carboxylic acid groups (broad SMARTS) is 1. The average Bonchev–Trinajstić information content (AvgIpc) is 3.04. The third kappa shape index (κ3) is 3.27. The maximum Gasteiger partial charge on any atom is 0.338 e. The molecule has 1 fully saturated rings. The van der Waals surface area contributed by atoms with Crippen molar-refractivity contribution in [1.29, 1.82) is 0 Å². The monoisotopic (exact) mass is 237 g/mol. The highest BCUT2D eigenvalue weighted by Crippen LogP contribution is 2.29. The van der Waals surface area contributed by atoms with E-state index in [1.165, 1.54) is 25.0 Å². The van der Waals surface area contributed by atoms with Crippen molar-refractivity contribution in [2.24, 2.45) is 5.92 Å². The van der Waals surface area contributed by atoms with Crippen LogP contribution in [-0.4, -0.2) is 29.6 Å². The third-order valence-electron chi connectivity index (χ3n) is 2.98. The molecular formula is C13H16FNO2. The van der Waals surface area contributed by atoms with E-state index in [-0.39, 0.29) is 5.56 Å². The zero-order chi connectivity index (χ0) is 12.4. The van der Waals surface area contributed by atoms with Crippen LogP contribution in [0.4, 0.5) is 4.39 Å². The molecule has 1 N–H and O–H groups in total. The Labute approximate surface area is 99.9 Å². The molecular weight excluding hydrogens is 221 g/mol. The van der Waals surface area contributed by atoms with E-state index >= 15 is 0 Å². The Kier molecular flexibility index (Phi) is 3.43. The summed E-state index contributed by atoms with van der Waals surface area (Å²) >= 11 is 0. The summed E-state index contributed by atoms with van der Waals surface area (Å²) in [4.78, 5) is 12.9. The molecule has 0 saturated heterocycles. The Morgan fingerprint density at radius 3 is 2.82 bits per heavy atom. The minimum atomic E-state index is -1.21. The molecule has 0 aliphatic heterocycles. The van der Waals surface area contributed by atoms with Crippen LogP contribution < -0.4 is 0 Å². The number of aromatic carboxylic acids is 1. The molecule has 0 atom stereocenters. The minimum absolute atomic E-state index is 0.248. The van der Waals surface area contributed by atoms with Gasteiger partial charge in [-0.15, -0.1) is 0 Å². The van der Waals surface area contributed by atoms with Gasteiger partial charge >= 0.3 is 5.97 Å². The van der Waals surface area contributed by atoms with Crippen molar-refractivity contribution in [1.82, 2.24) is 4.90 Å². The Bertz CT molecular complexity index is 429. The molecule has 0 unspecified atom stereocenters. The molecule has 1 aliphatic rings. The van der Waals surface area contributed by atoms with Gasteiger partial charge in [0.25, 0.3) is 0 Å². The number of rotatable bonds is 5. The van der Waals surface area contributed by atoms with Crippen LogP contribution in [0.5, 0.6) is 0 Å². The fraction of sp³-hybridized carbons (Fsp3) is 0.462. The number of benzene rings is 1. The molecule has 92 valence electrons. The molecule has 0 radical (unpaired) electrons. The van der Waals surface area contributed by atoms with Crippen LogP contribution >= 0.6 is 0 Å². The zero-order valence-corrected chi connectivity index (χ0v) is 9.82. The van der Waals surface area contributed by atoms with E-state index in [4.69, 9.17) is 5.11 Å². The summed E-state index contributed by atoms with van der Waals surface area (Å²) in [5.74, 6) is -1.10. The first-order valence-corrected chi connectivity index (χ1v) is 5.76. The van der Waals surface area contributed by atoms with Gasteiger partial charge in [-0.1, -0.05) is 6.07 Å². The summed E-state index contributed by atoms with van der Waals surface area (Å²) in [5, 5.41) is 8.83. The van der Waals surface area contributed by atoms with Gasteiger partial charge in [-0.3, -0.25) is 0 Å². The molecule has 2 rings (SSSR count). The van der Waals surface area contributed by atoms with Crippen molar-refractivity contribution in [2.75, 3.05) is 13.6 Å². The number of halogens is 1. The maximum absolute atomic E-state index is 13.2. The minimum Gasteiger partial charge on any atom is -0.478 e. The lowest BCUT2D eigenvalue weighted by atomic mass is 10.1. The van der Waals surface area contributed by atoms with Gasteiger partial charge in [0.15, 0.2) is 0 Å². The van der Waals surface area contributed by atoms with E-state index in [0.29, 0.717) is 6.54 Å². The lowest BCUT2D eigenvalue weighted by Crippen LogP contribution is -2.20. The summed E-state index contributed by atoms with van der Waals surface area (Å²) < 4.78 is 13.2. The molecule has 1 aliphatic carbocycles. The lowest BCUT2D eigenvalue weighted by Gasteiger charge is -2.16. The van der Waals surface area contributed by atoms with Crippen LogP contribution in [0.15, 0.2) is 18.2 Å². The van der Waals surface area contributed by atoms with Crippen molar-refractivity contribution >= 4 is 5.97 Å². The van der Waals surface area contributed by atoms with Crippen LogP contribution in [0.2, 0.25) is 0 Å². The predicted octanol–water partition coefficient (Wildman–Crippen LogP) is 2.37. The molecule has 1 aromatic rings. The first-order chi connectivity index (χ1) is 8.06. The van der Waals surface area contributed by atoms with Crippen LogP contribution in [0, 0.1) is 11.7 Å². The standard InChI is InChI=1S/C13H16FNO2/c1-15(7-9-2-3-9)8-10-4-5-12(14)11(6-10)13(16)17/h4-6,9H,2-3,7-8H2,1H3,(H,16,17). The van der Waals surface area contributed by atoms with E-state index in [1.54, 1.807) is 6.07 Å². The summed E-state index contributed by atoms with van der Waals surface area (Å²) in [6.07, 6.45) is 2.57. The van der Waals surface area contributed by atoms with Crippen LogP contribution in [0.3, 0.4) is 0 Å². The van der Waals surface area contributed by atoms with Crippen molar-refractivity contribution in [3.8, 4) is 0 Å². The van der Waals surface area contributed by atoms with Gasteiger partial charge in [0.1, 0.15) is 5.82 Å². The van der Waals surface area contributed by atoms with Crippen molar-refractivity contribution < 1.29 is 14.3 Å². The fourth-order valence-electron chi connectivity index (χ4n) is 1.95. The number of hydrogen-bond acceptors (Lipinski definition) is 2. The highest BCUT2D eigenvalue weighted by Gasteiger charge is 2.22. The second kappa shape index (κ2) is 4.84. The highest BCUT2D eigenvalue weighted by molar-refractivity contribution is 5.88. The fourth-order valence-corrected chi connectivity index (χ4v) is 1.95. The van der Waals surface area contributed by atoms with Crippen molar-refractivity contribution in [3.05, 3.63) is 35.1 Å². The summed E-state index contributed by atoms with van der Waals surface area (Å²) in [6.45, 7) is 1.69. The van der Waals surface area contributed by atoms with Crippen LogP contribution in [0.1, 0.15) is 28.8 Å². The number of carbonyl (C=O) groups is 1. The third-order valence-corrected chi connectivity index (χ3v) is 2.98. The first kappa shape index (κ1) is 12.0. The average molecular weight is 237 g/mol. The Morgan fingerprint density at radius 2 is 2.24 bits per heavy atom. The SMILES string of the molecule is CN(Cc1ccc(F)c(C(=O)O)c1)CC1CC1. The summed E-state index contributed by atoms with van der Waals surface area (Å²) in [7, 11) is 2.00. The second-order valence-corrected chi connectivity index (χ2v) is 4.76. The van der Waals surface area contributed by atoms with Crippen LogP contribution in [0.25, 0.3) is 0 Å². The van der Waals surface area contributed by atoms with Gasteiger partial charge in [0, 0.05) is 13.1 Å². The van der Waals surface area contributed by atoms with Gasteiger partial charge in [-0.25, -0.2) is 9.18 Å². The van der Waals surface area contributed by atoms with Crippen LogP contribution in [-0.2, 0) is 6.54 Å². The second-order valence-electron chi connectivity index (χ2n) is 4.76. The first-order valence-electron chi connectivity index (χ1n) is 5.76. The number of hydrogen-bond donors (Lipinski definition) is 1. The normalized spacial score (nSPS) is 15.2. The molecule has 0 amide bonds. The smallest absolute Gasteiger partial charge is 0.338 e. The molecule has 1 aromatic carbocycles. The lowest BCUT2D eigenvalue weighted by molar-refractivity contribution is 0.0691. The van der Waals surface area contributed by atoms with E-state index in [2.05, 4.69) is 4.90 Å². The van der Waals surface area contributed by atoms with Crippen molar-refractivity contribution in [3.63, 3.8) is 0 Å². The van der Waals surface area contributed by atoms with E-state index in [9.17, 15) is 9.18 Å². The molecule has 4 heteroatoms. The van der Waals surface area contributed by atoms with E-state index < -0.39 is 11.8 Å². The molecule has 0 spiro atoms. The number of nitrogens with zero attached hydrogens (tertiary/aromatic N) is 1. The predicted molar refractivity (Wildman–Crippen MR) is 62.4 cm³/mol. The summed E-state index contributed by atoms with van der Waals surface area (Å²) in [5.41, 5.74) is 0.592. The number of carboxylic acids is 1. The molecule has 0 bridgehead atoms. The molecule has 3 nitrogen and oxygen atoms in total. The van der Waals surface area contributed by atoms with Gasteiger partial charge in [-0.05, 0) is 43.5 Å². The topological polar surface area (TPSA) is 40.5 Å². The van der Waals surface area contributed by atoms with E-state index in [1.807, 2.05) is 7.05 Å². The Morgan fingerprint density at radius 1 is 1.53 bits per heavy atom. The largest absolute Gasteiger partial charge is 0.478 e. The highest BCUT2D eigenvalue weighted by atomic mass is 19.1. The van der Waals surface area contributed by atoms with Crippen molar-refractivity contribution in [2.45, 2.75) is 19.4 Å². The molecule has 17 heavy (non-hydrogen) atoms. The molecule has 1 saturated carbocycles. The van der Waals surface area contributed by atoms with E-state index in [0.717, 1.165) is 18.0 Å². The maximum atomic E-state index is 13.2. The summed E-state index contributed by atoms with van der Waals surface area (Å²) in [6, 6.07) is 4.29. The zero-order valence-electron chi connectivity index (χ0n) is 9.82. The quantitative estimate of drug-likeness (QED) is 0.854. The van der Waals surface area contributed by atoms with Gasteiger partial charge in [0.2, 0.25) is 0 Å². The van der Waals surface area contributed by atoms with Gasteiger partial charge in [-0.2, -0.15) is 0 Å². The Hall–Kier alpha value is -1.42. The van der Waals surface area contributed by atoms with Gasteiger partial charge < -0.3 is 10.0 Å².